The van der Waals surface area contributed by atoms with Gasteiger partial charge in [-0.3, -0.25) is 0 Å². The fourth-order valence-corrected chi connectivity index (χ4v) is 2.06. The van der Waals surface area contributed by atoms with Gasteiger partial charge in [0.25, 0.3) is 0 Å². The molecule has 1 aromatic rings. The van der Waals surface area contributed by atoms with Gasteiger partial charge in [-0.25, -0.2) is 0 Å². The summed E-state index contributed by atoms with van der Waals surface area (Å²) in [5, 5.41) is 3.42. The molecule has 3 N–H and O–H groups in total. The van der Waals surface area contributed by atoms with Crippen LogP contribution in [0, 0.1) is 0 Å². The number of hydrogen-bond donors (Lipinski definition) is 2. The molecule has 4 heteroatoms. The summed E-state index contributed by atoms with van der Waals surface area (Å²) in [5.41, 5.74) is 6.67. The number of unbranched alkanes of at least 4 members (excludes halogenated alkanes) is 1. The lowest BCUT2D eigenvalue weighted by Crippen LogP contribution is -2.16. The van der Waals surface area contributed by atoms with Gasteiger partial charge in [0.05, 0.1) is 6.61 Å². The third kappa shape index (κ3) is 5.85. The average Bonchev–Trinajstić information content (AvgIpc) is 2.37. The summed E-state index contributed by atoms with van der Waals surface area (Å²) in [6.45, 7) is 5.48. The number of nitrogens with two attached hydrogens (primary N) is 1. The van der Waals surface area contributed by atoms with Gasteiger partial charge in [-0.05, 0) is 50.6 Å². The minimum Gasteiger partial charge on any atom is -0.493 e. The van der Waals surface area contributed by atoms with Crippen LogP contribution >= 0.6 is 15.9 Å². The second-order valence-corrected chi connectivity index (χ2v) is 5.19. The highest BCUT2D eigenvalue weighted by molar-refractivity contribution is 9.10. The molecule has 0 bridgehead atoms. The van der Waals surface area contributed by atoms with Gasteiger partial charge in [0.2, 0.25) is 0 Å². The zero-order valence-electron chi connectivity index (χ0n) is 11.0. The van der Waals surface area contributed by atoms with Crippen molar-refractivity contribution in [3.8, 4) is 5.75 Å². The molecule has 0 aliphatic heterocycles. The molecule has 0 radical (unpaired) electrons. The molecule has 102 valence electrons. The van der Waals surface area contributed by atoms with Crippen molar-refractivity contribution in [1.82, 2.24) is 5.32 Å². The van der Waals surface area contributed by atoms with Crippen LogP contribution in [-0.4, -0.2) is 19.7 Å². The summed E-state index contributed by atoms with van der Waals surface area (Å²) in [4.78, 5) is 0. The summed E-state index contributed by atoms with van der Waals surface area (Å²) in [7, 11) is 0. The van der Waals surface area contributed by atoms with E-state index < -0.39 is 0 Å². The maximum Gasteiger partial charge on any atom is 0.123 e. The Morgan fingerprint density at radius 2 is 2.17 bits per heavy atom. The first kappa shape index (κ1) is 15.5. The first-order valence-electron chi connectivity index (χ1n) is 6.60. The number of halogens is 1. The average molecular weight is 315 g/mol. The van der Waals surface area contributed by atoms with E-state index in [-0.39, 0.29) is 0 Å². The quantitative estimate of drug-likeness (QED) is 0.689. The Kier molecular flexibility index (Phi) is 8.05. The highest BCUT2D eigenvalue weighted by Gasteiger charge is 2.04. The van der Waals surface area contributed by atoms with Crippen LogP contribution in [0.15, 0.2) is 22.7 Å². The first-order valence-corrected chi connectivity index (χ1v) is 7.39. The summed E-state index contributed by atoms with van der Waals surface area (Å²) in [6, 6.07) is 6.15. The van der Waals surface area contributed by atoms with E-state index in [9.17, 15) is 0 Å². The van der Waals surface area contributed by atoms with Gasteiger partial charge < -0.3 is 15.8 Å². The fraction of sp³-hybridized carbons (Fsp3) is 0.571. The number of hydrogen-bond acceptors (Lipinski definition) is 3. The molecule has 1 aromatic carbocycles. The molecule has 3 nitrogen and oxygen atoms in total. The standard InChI is InChI=1S/C14H23BrN2O/c1-2-9-18-14-6-5-13(15)10-12(14)11-17-8-4-3-7-16/h5-6,10,17H,2-4,7-9,11,16H2,1H3. The molecule has 0 fully saturated rings. The van der Waals surface area contributed by atoms with Crippen LogP contribution in [0.5, 0.6) is 5.75 Å². The predicted molar refractivity (Wildman–Crippen MR) is 79.9 cm³/mol. The number of rotatable bonds is 9. The molecule has 0 atom stereocenters. The highest BCUT2D eigenvalue weighted by atomic mass is 79.9. The largest absolute Gasteiger partial charge is 0.493 e. The van der Waals surface area contributed by atoms with Crippen molar-refractivity contribution in [3.05, 3.63) is 28.2 Å². The SMILES string of the molecule is CCCOc1ccc(Br)cc1CNCCCCN. The lowest BCUT2D eigenvalue weighted by atomic mass is 10.2. The second kappa shape index (κ2) is 9.36. The third-order valence-corrected chi connectivity index (χ3v) is 3.10. The van der Waals surface area contributed by atoms with Crippen molar-refractivity contribution in [2.75, 3.05) is 19.7 Å². The first-order chi connectivity index (χ1) is 8.77. The van der Waals surface area contributed by atoms with Gasteiger partial charge in [-0.1, -0.05) is 22.9 Å². The van der Waals surface area contributed by atoms with E-state index in [1.165, 1.54) is 5.56 Å². The molecule has 0 aromatic heterocycles. The topological polar surface area (TPSA) is 47.3 Å². The van der Waals surface area contributed by atoms with Crippen molar-refractivity contribution in [2.24, 2.45) is 5.73 Å². The van der Waals surface area contributed by atoms with Gasteiger partial charge in [-0.2, -0.15) is 0 Å². The molecule has 0 saturated heterocycles. The number of nitrogens with one attached hydrogen (secondary N) is 1. The molecule has 0 saturated carbocycles. The Bertz CT molecular complexity index is 345. The monoisotopic (exact) mass is 314 g/mol. The molecule has 0 aliphatic rings. The van der Waals surface area contributed by atoms with E-state index in [4.69, 9.17) is 10.5 Å². The Labute approximate surface area is 118 Å². The molecule has 0 amide bonds. The van der Waals surface area contributed by atoms with Crippen LogP contribution in [0.2, 0.25) is 0 Å². The van der Waals surface area contributed by atoms with E-state index in [2.05, 4.69) is 34.2 Å². The van der Waals surface area contributed by atoms with Crippen LogP contribution in [-0.2, 0) is 6.54 Å². The second-order valence-electron chi connectivity index (χ2n) is 4.27. The fourth-order valence-electron chi connectivity index (χ4n) is 1.66. The Morgan fingerprint density at radius 3 is 2.89 bits per heavy atom. The van der Waals surface area contributed by atoms with Crippen LogP contribution in [0.3, 0.4) is 0 Å². The lowest BCUT2D eigenvalue weighted by Gasteiger charge is -2.12. The van der Waals surface area contributed by atoms with E-state index >= 15 is 0 Å². The predicted octanol–water partition coefficient (Wildman–Crippen LogP) is 3.07. The Morgan fingerprint density at radius 1 is 1.33 bits per heavy atom. The summed E-state index contributed by atoms with van der Waals surface area (Å²) >= 11 is 3.50. The molecule has 0 unspecified atom stereocenters. The maximum absolute atomic E-state index is 5.74. The van der Waals surface area contributed by atoms with Crippen molar-refractivity contribution in [3.63, 3.8) is 0 Å². The van der Waals surface area contributed by atoms with Gasteiger partial charge in [0.1, 0.15) is 5.75 Å². The third-order valence-electron chi connectivity index (χ3n) is 2.61. The Balaban J connectivity index is 2.47. The molecule has 1 rings (SSSR count). The Hall–Kier alpha value is -0.580. The van der Waals surface area contributed by atoms with Crippen LogP contribution < -0.4 is 15.8 Å². The lowest BCUT2D eigenvalue weighted by molar-refractivity contribution is 0.313. The molecule has 18 heavy (non-hydrogen) atoms. The summed E-state index contributed by atoms with van der Waals surface area (Å²) in [6.07, 6.45) is 3.22. The van der Waals surface area contributed by atoms with Gasteiger partial charge in [0, 0.05) is 16.6 Å². The summed E-state index contributed by atoms with van der Waals surface area (Å²) in [5.74, 6) is 0.978. The highest BCUT2D eigenvalue weighted by Crippen LogP contribution is 2.23. The molecule has 0 spiro atoms. The van der Waals surface area contributed by atoms with Crippen molar-refractivity contribution in [1.29, 1.82) is 0 Å². The van der Waals surface area contributed by atoms with Crippen molar-refractivity contribution >= 4 is 15.9 Å². The van der Waals surface area contributed by atoms with E-state index in [1.807, 2.05) is 12.1 Å². The van der Waals surface area contributed by atoms with Crippen LogP contribution in [0.25, 0.3) is 0 Å². The minimum absolute atomic E-state index is 0.766. The van der Waals surface area contributed by atoms with Crippen LogP contribution in [0.4, 0.5) is 0 Å². The zero-order valence-corrected chi connectivity index (χ0v) is 12.6. The molecule has 0 heterocycles. The van der Waals surface area contributed by atoms with E-state index in [1.54, 1.807) is 0 Å². The smallest absolute Gasteiger partial charge is 0.123 e. The molecular formula is C14H23BrN2O. The molecule has 0 aliphatic carbocycles. The van der Waals surface area contributed by atoms with Gasteiger partial charge >= 0.3 is 0 Å². The normalized spacial score (nSPS) is 10.6. The van der Waals surface area contributed by atoms with Crippen molar-refractivity contribution in [2.45, 2.75) is 32.7 Å². The minimum atomic E-state index is 0.766. The van der Waals surface area contributed by atoms with Crippen LogP contribution in [0.1, 0.15) is 31.7 Å². The van der Waals surface area contributed by atoms with E-state index in [0.29, 0.717) is 0 Å². The van der Waals surface area contributed by atoms with E-state index in [0.717, 1.165) is 55.7 Å². The summed E-state index contributed by atoms with van der Waals surface area (Å²) < 4.78 is 6.83. The number of ether oxygens (including phenoxy) is 1. The van der Waals surface area contributed by atoms with Crippen molar-refractivity contribution < 1.29 is 4.74 Å². The maximum atomic E-state index is 5.74. The van der Waals surface area contributed by atoms with Gasteiger partial charge in [0.15, 0.2) is 0 Å². The number of benzene rings is 1. The zero-order chi connectivity index (χ0) is 13.2. The van der Waals surface area contributed by atoms with Gasteiger partial charge in [-0.15, -0.1) is 0 Å². The molecular weight excluding hydrogens is 292 g/mol.